The van der Waals surface area contributed by atoms with E-state index in [4.69, 9.17) is 27.9 Å². The molecular formula is C25H20Cl2N2O2. The van der Waals surface area contributed by atoms with Crippen molar-refractivity contribution < 1.29 is 9.53 Å². The molecule has 156 valence electrons. The van der Waals surface area contributed by atoms with Gasteiger partial charge in [0.1, 0.15) is 24.0 Å². The van der Waals surface area contributed by atoms with Gasteiger partial charge >= 0.3 is 0 Å². The maximum absolute atomic E-state index is 12.6. The van der Waals surface area contributed by atoms with E-state index in [-0.39, 0.29) is 12.2 Å². The number of para-hydroxylation sites is 1. The zero-order valence-electron chi connectivity index (χ0n) is 16.9. The first-order chi connectivity index (χ1) is 15.0. The predicted octanol–water partition coefficient (Wildman–Crippen LogP) is 6.68. The first-order valence-electron chi connectivity index (χ1n) is 9.68. The van der Waals surface area contributed by atoms with Gasteiger partial charge in [-0.1, -0.05) is 66.5 Å². The van der Waals surface area contributed by atoms with Crippen molar-refractivity contribution in [2.45, 2.75) is 20.0 Å². The lowest BCUT2D eigenvalue weighted by atomic mass is 10.1. The fraction of sp³-hybridized carbons (Fsp3) is 0.120. The van der Waals surface area contributed by atoms with E-state index in [0.717, 1.165) is 12.0 Å². The second-order valence-electron chi connectivity index (χ2n) is 6.75. The Kier molecular flexibility index (Phi) is 7.72. The molecule has 3 aromatic rings. The number of carbonyl (C=O) groups excluding carboxylic acids is 1. The molecule has 31 heavy (non-hydrogen) atoms. The van der Waals surface area contributed by atoms with Crippen LogP contribution in [-0.2, 0) is 17.8 Å². The first-order valence-corrected chi connectivity index (χ1v) is 10.4. The summed E-state index contributed by atoms with van der Waals surface area (Å²) in [6, 6.07) is 22.0. The highest BCUT2D eigenvalue weighted by atomic mass is 35.5. The van der Waals surface area contributed by atoms with Crippen molar-refractivity contribution in [1.82, 2.24) is 0 Å². The molecule has 6 heteroatoms. The molecule has 4 nitrogen and oxygen atoms in total. The van der Waals surface area contributed by atoms with Crippen molar-refractivity contribution in [3.63, 3.8) is 0 Å². The van der Waals surface area contributed by atoms with E-state index in [0.29, 0.717) is 27.0 Å². The van der Waals surface area contributed by atoms with E-state index in [1.165, 1.54) is 11.6 Å². The highest BCUT2D eigenvalue weighted by Crippen LogP contribution is 2.25. The van der Waals surface area contributed by atoms with Crippen LogP contribution in [0.5, 0.6) is 5.75 Å². The Morgan fingerprint density at radius 3 is 2.42 bits per heavy atom. The molecule has 0 aliphatic rings. The van der Waals surface area contributed by atoms with Gasteiger partial charge in [-0.15, -0.1) is 0 Å². The summed E-state index contributed by atoms with van der Waals surface area (Å²) >= 11 is 12.0. The molecule has 0 radical (unpaired) electrons. The lowest BCUT2D eigenvalue weighted by Gasteiger charge is -2.10. The van der Waals surface area contributed by atoms with E-state index in [9.17, 15) is 10.1 Å². The molecule has 0 saturated carbocycles. The number of carbonyl (C=O) groups is 1. The van der Waals surface area contributed by atoms with Gasteiger partial charge < -0.3 is 10.1 Å². The Labute approximate surface area is 191 Å². The van der Waals surface area contributed by atoms with Crippen LogP contribution in [0.15, 0.2) is 72.3 Å². The Morgan fingerprint density at radius 1 is 1.03 bits per heavy atom. The van der Waals surface area contributed by atoms with Gasteiger partial charge in [-0.25, -0.2) is 0 Å². The standard InChI is InChI=1S/C25H20Cl2N2O2/c1-2-17-7-10-21(11-8-17)29-25(30)20(15-28)14-19-5-3-4-6-24(19)31-16-18-9-12-22(26)23(27)13-18/h3-14H,2,16H2,1H3,(H,29,30)/b20-14+. The van der Waals surface area contributed by atoms with Crippen molar-refractivity contribution in [2.75, 3.05) is 5.32 Å². The van der Waals surface area contributed by atoms with Crippen molar-refractivity contribution in [3.8, 4) is 11.8 Å². The Morgan fingerprint density at radius 2 is 1.74 bits per heavy atom. The van der Waals surface area contributed by atoms with Gasteiger partial charge in [0.15, 0.2) is 0 Å². The molecule has 0 bridgehead atoms. The molecule has 0 unspecified atom stereocenters. The van der Waals surface area contributed by atoms with Gasteiger partial charge in [-0.2, -0.15) is 5.26 Å². The minimum atomic E-state index is -0.481. The summed E-state index contributed by atoms with van der Waals surface area (Å²) in [5, 5.41) is 13.2. The largest absolute Gasteiger partial charge is 0.488 e. The molecule has 0 atom stereocenters. The molecule has 0 saturated heterocycles. The summed E-state index contributed by atoms with van der Waals surface area (Å²) in [5.74, 6) is 0.0625. The van der Waals surface area contributed by atoms with Gasteiger partial charge in [0.05, 0.1) is 10.0 Å². The number of nitrogens with one attached hydrogen (secondary N) is 1. The number of hydrogen-bond acceptors (Lipinski definition) is 3. The number of nitriles is 1. The SMILES string of the molecule is CCc1ccc(NC(=O)/C(C#N)=C/c2ccccc2OCc2ccc(Cl)c(Cl)c2)cc1. The first kappa shape index (κ1) is 22.4. The van der Waals surface area contributed by atoms with E-state index in [2.05, 4.69) is 12.2 Å². The number of aryl methyl sites for hydroxylation is 1. The smallest absolute Gasteiger partial charge is 0.266 e. The maximum Gasteiger partial charge on any atom is 0.266 e. The minimum absolute atomic E-state index is 0.0230. The van der Waals surface area contributed by atoms with Crippen LogP contribution in [0.25, 0.3) is 6.08 Å². The summed E-state index contributed by atoms with van der Waals surface area (Å²) in [5.41, 5.74) is 3.25. The third kappa shape index (κ3) is 6.11. The Bertz CT molecular complexity index is 1150. The molecule has 0 spiro atoms. The number of benzene rings is 3. The van der Waals surface area contributed by atoms with Crippen LogP contribution in [0.2, 0.25) is 10.0 Å². The quantitative estimate of drug-likeness (QED) is 0.322. The third-order valence-corrected chi connectivity index (χ3v) is 5.32. The fourth-order valence-electron chi connectivity index (χ4n) is 2.85. The highest BCUT2D eigenvalue weighted by molar-refractivity contribution is 6.42. The van der Waals surface area contributed by atoms with E-state index in [1.54, 1.807) is 24.3 Å². The van der Waals surface area contributed by atoms with Gasteiger partial charge in [0, 0.05) is 11.3 Å². The fourth-order valence-corrected chi connectivity index (χ4v) is 3.17. The number of amides is 1. The zero-order valence-corrected chi connectivity index (χ0v) is 18.4. The van der Waals surface area contributed by atoms with E-state index < -0.39 is 5.91 Å². The zero-order chi connectivity index (χ0) is 22.2. The van der Waals surface area contributed by atoms with Crippen LogP contribution >= 0.6 is 23.2 Å². The van der Waals surface area contributed by atoms with E-state index in [1.807, 2.05) is 48.5 Å². The van der Waals surface area contributed by atoms with Crippen LogP contribution < -0.4 is 10.1 Å². The van der Waals surface area contributed by atoms with Crippen LogP contribution in [-0.4, -0.2) is 5.91 Å². The summed E-state index contributed by atoms with van der Waals surface area (Å²) in [7, 11) is 0. The van der Waals surface area contributed by atoms with Gasteiger partial charge in [-0.05, 0) is 54.0 Å². The van der Waals surface area contributed by atoms with Crippen LogP contribution in [0, 0.1) is 11.3 Å². The van der Waals surface area contributed by atoms with Crippen LogP contribution in [0.4, 0.5) is 5.69 Å². The second-order valence-corrected chi connectivity index (χ2v) is 7.56. The van der Waals surface area contributed by atoms with Crippen molar-refractivity contribution in [2.24, 2.45) is 0 Å². The number of anilines is 1. The topological polar surface area (TPSA) is 62.1 Å². The lowest BCUT2D eigenvalue weighted by molar-refractivity contribution is -0.112. The molecule has 3 rings (SSSR count). The number of nitrogens with zero attached hydrogens (tertiary/aromatic N) is 1. The number of halogens is 2. The van der Waals surface area contributed by atoms with Crippen molar-refractivity contribution in [1.29, 1.82) is 5.26 Å². The summed E-state index contributed by atoms with van der Waals surface area (Å²) in [6.45, 7) is 2.32. The molecule has 0 fully saturated rings. The number of ether oxygens (including phenoxy) is 1. The van der Waals surface area contributed by atoms with E-state index >= 15 is 0 Å². The molecule has 1 amide bonds. The Balaban J connectivity index is 1.76. The lowest BCUT2D eigenvalue weighted by Crippen LogP contribution is -2.13. The third-order valence-electron chi connectivity index (χ3n) is 4.58. The molecule has 1 N–H and O–H groups in total. The molecule has 3 aromatic carbocycles. The second kappa shape index (κ2) is 10.7. The molecule has 0 heterocycles. The van der Waals surface area contributed by atoms with Gasteiger partial charge in [0.25, 0.3) is 5.91 Å². The summed E-state index contributed by atoms with van der Waals surface area (Å²) in [4.78, 5) is 12.6. The average Bonchev–Trinajstić information content (AvgIpc) is 2.79. The normalized spacial score (nSPS) is 11.0. The molecule has 0 aromatic heterocycles. The predicted molar refractivity (Wildman–Crippen MR) is 125 cm³/mol. The summed E-state index contributed by atoms with van der Waals surface area (Å²) < 4.78 is 5.90. The average molecular weight is 451 g/mol. The molecular weight excluding hydrogens is 431 g/mol. The minimum Gasteiger partial charge on any atom is -0.488 e. The monoisotopic (exact) mass is 450 g/mol. The maximum atomic E-state index is 12.6. The van der Waals surface area contributed by atoms with Crippen molar-refractivity contribution >= 4 is 40.9 Å². The van der Waals surface area contributed by atoms with Crippen LogP contribution in [0.3, 0.4) is 0 Å². The van der Waals surface area contributed by atoms with Gasteiger partial charge in [-0.3, -0.25) is 4.79 Å². The van der Waals surface area contributed by atoms with Crippen molar-refractivity contribution in [3.05, 3.63) is 99.0 Å². The molecule has 0 aliphatic carbocycles. The summed E-state index contributed by atoms with van der Waals surface area (Å²) in [6.07, 6.45) is 2.43. The number of rotatable bonds is 7. The highest BCUT2D eigenvalue weighted by Gasteiger charge is 2.12. The molecule has 0 aliphatic heterocycles. The Hall–Kier alpha value is -3.26. The number of hydrogen-bond donors (Lipinski definition) is 1. The van der Waals surface area contributed by atoms with Gasteiger partial charge in [0.2, 0.25) is 0 Å². The van der Waals surface area contributed by atoms with Crippen LogP contribution in [0.1, 0.15) is 23.6 Å².